The number of phenols is 1. The fourth-order valence-electron chi connectivity index (χ4n) is 3.57. The van der Waals surface area contributed by atoms with Crippen molar-refractivity contribution in [3.63, 3.8) is 0 Å². The standard InChI is InChI=1S/C18H25BN2O7/c22-15(7-11-4-6-20-8-11)21-9-13(10-21)28-14-2-1-12(3-5-19(26)27)17(23)16(14)18(24)25/h1-2,11,13,20,23,26-27H,3-10H2,(H,24,25)/t11-/m1/s1. The molecule has 0 bridgehead atoms. The van der Waals surface area contributed by atoms with Crippen molar-refractivity contribution in [3.05, 3.63) is 23.3 Å². The van der Waals surface area contributed by atoms with Crippen LogP contribution >= 0.6 is 0 Å². The minimum absolute atomic E-state index is 0.0248. The van der Waals surface area contributed by atoms with Crippen molar-refractivity contribution in [3.8, 4) is 11.5 Å². The first-order valence-corrected chi connectivity index (χ1v) is 9.44. The molecule has 2 aliphatic heterocycles. The number of hydrogen-bond donors (Lipinski definition) is 5. The number of carboxylic acid groups (broad SMARTS) is 1. The summed E-state index contributed by atoms with van der Waals surface area (Å²) in [6.45, 7) is 2.58. The number of hydrogen-bond acceptors (Lipinski definition) is 7. The summed E-state index contributed by atoms with van der Waals surface area (Å²) in [5.41, 5.74) is -0.0554. The molecule has 1 aromatic rings. The Balaban J connectivity index is 1.59. The van der Waals surface area contributed by atoms with Gasteiger partial charge >= 0.3 is 13.1 Å². The van der Waals surface area contributed by atoms with Gasteiger partial charge in [0.2, 0.25) is 5.91 Å². The first-order valence-electron chi connectivity index (χ1n) is 9.44. The lowest BCUT2D eigenvalue weighted by Crippen LogP contribution is -2.56. The molecule has 5 N–H and O–H groups in total. The van der Waals surface area contributed by atoms with Gasteiger partial charge in [0.1, 0.15) is 23.2 Å². The predicted octanol–water partition coefficient (Wildman–Crippen LogP) is -0.305. The molecule has 0 unspecified atom stereocenters. The average molecular weight is 392 g/mol. The Morgan fingerprint density at radius 2 is 2.04 bits per heavy atom. The molecule has 152 valence electrons. The average Bonchev–Trinajstić information content (AvgIpc) is 3.09. The Bertz CT molecular complexity index is 731. The summed E-state index contributed by atoms with van der Waals surface area (Å²) in [5, 5.41) is 40.8. The lowest BCUT2D eigenvalue weighted by atomic mass is 9.82. The number of benzene rings is 1. The largest absolute Gasteiger partial charge is 0.507 e. The van der Waals surface area contributed by atoms with Crippen molar-refractivity contribution in [2.75, 3.05) is 26.2 Å². The zero-order chi connectivity index (χ0) is 20.3. The summed E-state index contributed by atoms with van der Waals surface area (Å²) in [6.07, 6.45) is 1.27. The van der Waals surface area contributed by atoms with Gasteiger partial charge in [0, 0.05) is 6.42 Å². The fourth-order valence-corrected chi connectivity index (χ4v) is 3.57. The van der Waals surface area contributed by atoms with E-state index < -0.39 is 18.8 Å². The number of ether oxygens (including phenoxy) is 1. The molecule has 1 atom stereocenters. The molecule has 3 rings (SSSR count). The minimum atomic E-state index is -1.54. The van der Waals surface area contributed by atoms with E-state index in [-0.39, 0.29) is 36.1 Å². The number of aromatic hydroxyl groups is 1. The number of likely N-dealkylation sites (tertiary alicyclic amines) is 1. The topological polar surface area (TPSA) is 140 Å². The fraction of sp³-hybridized carbons (Fsp3) is 0.556. The van der Waals surface area contributed by atoms with Crippen LogP contribution in [0.25, 0.3) is 0 Å². The highest BCUT2D eigenvalue weighted by Crippen LogP contribution is 2.34. The lowest BCUT2D eigenvalue weighted by Gasteiger charge is -2.39. The zero-order valence-corrected chi connectivity index (χ0v) is 15.5. The summed E-state index contributed by atoms with van der Waals surface area (Å²) in [4.78, 5) is 25.5. The van der Waals surface area contributed by atoms with Gasteiger partial charge in [-0.25, -0.2) is 4.79 Å². The normalized spacial score (nSPS) is 19.4. The first kappa shape index (κ1) is 20.4. The molecule has 9 nitrogen and oxygen atoms in total. The smallest absolute Gasteiger partial charge is 0.451 e. The van der Waals surface area contributed by atoms with Gasteiger partial charge < -0.3 is 35.2 Å². The SMILES string of the molecule is O=C(O)c1c(OC2CN(C(=O)C[C@H]3CCNC3)C2)ccc(CCB(O)O)c1O. The van der Waals surface area contributed by atoms with Crippen LogP contribution in [0.4, 0.5) is 0 Å². The molecule has 2 fully saturated rings. The second-order valence-electron chi connectivity index (χ2n) is 7.37. The van der Waals surface area contributed by atoms with Crippen LogP contribution in [-0.4, -0.2) is 76.4 Å². The summed E-state index contributed by atoms with van der Waals surface area (Å²) < 4.78 is 5.71. The van der Waals surface area contributed by atoms with Gasteiger partial charge in [-0.1, -0.05) is 6.07 Å². The number of nitrogens with one attached hydrogen (secondary N) is 1. The molecule has 1 aromatic carbocycles. The number of aryl methyl sites for hydroxylation is 1. The predicted molar refractivity (Wildman–Crippen MR) is 100 cm³/mol. The van der Waals surface area contributed by atoms with Gasteiger partial charge in [0.25, 0.3) is 0 Å². The first-order chi connectivity index (χ1) is 13.3. The second-order valence-corrected chi connectivity index (χ2v) is 7.37. The van der Waals surface area contributed by atoms with Gasteiger partial charge in [0.05, 0.1) is 13.1 Å². The quantitative estimate of drug-likeness (QED) is 0.380. The number of amides is 1. The van der Waals surface area contributed by atoms with Crippen LogP contribution in [0.15, 0.2) is 12.1 Å². The molecule has 28 heavy (non-hydrogen) atoms. The molecule has 10 heteroatoms. The van der Waals surface area contributed by atoms with Crippen molar-refractivity contribution < 1.29 is 34.6 Å². The molecule has 0 spiro atoms. The summed E-state index contributed by atoms with van der Waals surface area (Å²) in [7, 11) is -1.54. The molecule has 2 saturated heterocycles. The van der Waals surface area contributed by atoms with Gasteiger partial charge in [-0.05, 0) is 49.8 Å². The third kappa shape index (κ3) is 4.75. The number of carbonyl (C=O) groups is 2. The maximum atomic E-state index is 12.2. The van der Waals surface area contributed by atoms with Crippen molar-refractivity contribution in [1.29, 1.82) is 0 Å². The van der Waals surface area contributed by atoms with Crippen molar-refractivity contribution in [2.45, 2.75) is 31.7 Å². The van der Waals surface area contributed by atoms with Gasteiger partial charge in [-0.3, -0.25) is 4.79 Å². The molecule has 0 aromatic heterocycles. The minimum Gasteiger partial charge on any atom is -0.507 e. The molecule has 2 aliphatic rings. The van der Waals surface area contributed by atoms with Gasteiger partial charge in [0.15, 0.2) is 0 Å². The number of rotatable bonds is 8. The van der Waals surface area contributed by atoms with Gasteiger partial charge in [-0.2, -0.15) is 0 Å². The van der Waals surface area contributed by atoms with Crippen molar-refractivity contribution in [2.24, 2.45) is 5.92 Å². The highest BCUT2D eigenvalue weighted by molar-refractivity contribution is 6.41. The van der Waals surface area contributed by atoms with E-state index in [1.165, 1.54) is 12.1 Å². The van der Waals surface area contributed by atoms with E-state index in [2.05, 4.69) is 5.32 Å². The van der Waals surface area contributed by atoms with E-state index >= 15 is 0 Å². The molecule has 2 heterocycles. The van der Waals surface area contributed by atoms with Crippen LogP contribution in [0.3, 0.4) is 0 Å². The van der Waals surface area contributed by atoms with E-state index in [1.807, 2.05) is 0 Å². The molecule has 1 amide bonds. The van der Waals surface area contributed by atoms with Crippen LogP contribution in [0.1, 0.15) is 28.8 Å². The Morgan fingerprint density at radius 1 is 1.29 bits per heavy atom. The Morgan fingerprint density at radius 3 is 2.64 bits per heavy atom. The summed E-state index contributed by atoms with van der Waals surface area (Å²) in [6, 6.07) is 2.96. The lowest BCUT2D eigenvalue weighted by molar-refractivity contribution is -0.140. The molecule has 0 saturated carbocycles. The highest BCUT2D eigenvalue weighted by Gasteiger charge is 2.34. The van der Waals surface area contributed by atoms with E-state index in [9.17, 15) is 19.8 Å². The van der Waals surface area contributed by atoms with E-state index in [0.717, 1.165) is 19.5 Å². The van der Waals surface area contributed by atoms with Crippen molar-refractivity contribution in [1.82, 2.24) is 10.2 Å². The van der Waals surface area contributed by atoms with E-state index in [4.69, 9.17) is 14.8 Å². The zero-order valence-electron chi connectivity index (χ0n) is 15.5. The maximum absolute atomic E-state index is 12.2. The molecular weight excluding hydrogens is 367 g/mol. The van der Waals surface area contributed by atoms with E-state index in [0.29, 0.717) is 31.0 Å². The Hall–Kier alpha value is -2.30. The Labute approximate surface area is 163 Å². The molecular formula is C18H25BN2O7. The third-order valence-electron chi connectivity index (χ3n) is 5.23. The van der Waals surface area contributed by atoms with Crippen LogP contribution < -0.4 is 10.1 Å². The number of carboxylic acids is 1. The number of nitrogens with zero attached hydrogens (tertiary/aromatic N) is 1. The summed E-state index contributed by atoms with van der Waals surface area (Å²) >= 11 is 0. The third-order valence-corrected chi connectivity index (χ3v) is 5.23. The van der Waals surface area contributed by atoms with Crippen LogP contribution in [-0.2, 0) is 11.2 Å². The molecule has 0 radical (unpaired) electrons. The van der Waals surface area contributed by atoms with Crippen LogP contribution in [0.2, 0.25) is 6.32 Å². The Kier molecular flexibility index (Phi) is 6.43. The van der Waals surface area contributed by atoms with Crippen LogP contribution in [0, 0.1) is 5.92 Å². The highest BCUT2D eigenvalue weighted by atomic mass is 16.5. The summed E-state index contributed by atoms with van der Waals surface area (Å²) in [5.74, 6) is -1.29. The monoisotopic (exact) mass is 392 g/mol. The van der Waals surface area contributed by atoms with E-state index in [1.54, 1.807) is 4.90 Å². The number of aromatic carboxylic acids is 1. The number of carbonyl (C=O) groups excluding carboxylic acids is 1. The maximum Gasteiger partial charge on any atom is 0.451 e. The van der Waals surface area contributed by atoms with Crippen LogP contribution in [0.5, 0.6) is 11.5 Å². The molecule has 0 aliphatic carbocycles. The second kappa shape index (κ2) is 8.81. The van der Waals surface area contributed by atoms with Crippen molar-refractivity contribution >= 4 is 19.0 Å². The van der Waals surface area contributed by atoms with Gasteiger partial charge in [-0.15, -0.1) is 0 Å².